The minimum atomic E-state index is 0. The number of rotatable bonds is 2. The lowest BCUT2D eigenvalue weighted by Gasteiger charge is -1.93. The van der Waals surface area contributed by atoms with Crippen molar-refractivity contribution < 1.29 is 0 Å². The van der Waals surface area contributed by atoms with Crippen LogP contribution in [-0.4, -0.2) is 10.2 Å². The van der Waals surface area contributed by atoms with E-state index in [4.69, 9.17) is 5.84 Å². The fourth-order valence-corrected chi connectivity index (χ4v) is 0.532. The fraction of sp³-hybridized carbons (Fsp3) is 0.200. The molecule has 1 heterocycles. The second-order valence-electron chi connectivity index (χ2n) is 1.60. The summed E-state index contributed by atoms with van der Waals surface area (Å²) in [5.74, 6) is 5.04. The van der Waals surface area contributed by atoms with Crippen molar-refractivity contribution >= 4 is 12.4 Å². The van der Waals surface area contributed by atoms with Crippen LogP contribution in [0.15, 0.2) is 18.3 Å². The van der Waals surface area contributed by atoms with Crippen LogP contribution in [0, 0.1) is 0 Å². The standard InChI is InChI=1S/C5H8N4.ClH/c6-7-4-5-2-1-3-8-9-5;/h1-3,7H,4,6H2;1H. The van der Waals surface area contributed by atoms with Crippen molar-refractivity contribution in [2.45, 2.75) is 6.54 Å². The van der Waals surface area contributed by atoms with Crippen LogP contribution < -0.4 is 11.3 Å². The number of aromatic nitrogens is 2. The summed E-state index contributed by atoms with van der Waals surface area (Å²) in [5, 5.41) is 7.43. The summed E-state index contributed by atoms with van der Waals surface area (Å²) in [6.07, 6.45) is 1.63. The van der Waals surface area contributed by atoms with Gasteiger partial charge in [-0.1, -0.05) is 0 Å². The van der Waals surface area contributed by atoms with Crippen molar-refractivity contribution in [2.75, 3.05) is 0 Å². The Morgan fingerprint density at radius 2 is 2.40 bits per heavy atom. The van der Waals surface area contributed by atoms with Gasteiger partial charge in [0.25, 0.3) is 0 Å². The molecule has 1 rings (SSSR count). The number of halogens is 1. The lowest BCUT2D eigenvalue weighted by atomic mass is 10.4. The highest BCUT2D eigenvalue weighted by Gasteiger charge is 1.87. The summed E-state index contributed by atoms with van der Waals surface area (Å²) in [5.41, 5.74) is 3.33. The Bertz CT molecular complexity index is 167. The molecule has 3 N–H and O–H groups in total. The molecule has 0 aromatic carbocycles. The molecule has 0 fully saturated rings. The van der Waals surface area contributed by atoms with E-state index >= 15 is 0 Å². The highest BCUT2D eigenvalue weighted by Crippen LogP contribution is 1.86. The van der Waals surface area contributed by atoms with Crippen LogP contribution in [0.4, 0.5) is 0 Å². The quantitative estimate of drug-likeness (QED) is 0.467. The molecule has 0 aliphatic rings. The predicted octanol–water partition coefficient (Wildman–Crippen LogP) is -0.138. The summed E-state index contributed by atoms with van der Waals surface area (Å²) in [4.78, 5) is 0. The second-order valence-corrected chi connectivity index (χ2v) is 1.60. The zero-order valence-corrected chi connectivity index (χ0v) is 6.14. The summed E-state index contributed by atoms with van der Waals surface area (Å²) in [6, 6.07) is 3.67. The summed E-state index contributed by atoms with van der Waals surface area (Å²) in [7, 11) is 0. The van der Waals surface area contributed by atoms with Gasteiger partial charge in [-0.15, -0.1) is 12.4 Å². The highest BCUT2D eigenvalue weighted by molar-refractivity contribution is 5.85. The topological polar surface area (TPSA) is 63.8 Å². The van der Waals surface area contributed by atoms with Crippen LogP contribution in [0.1, 0.15) is 5.69 Å². The van der Waals surface area contributed by atoms with Crippen molar-refractivity contribution in [1.29, 1.82) is 0 Å². The molecule has 0 atom stereocenters. The highest BCUT2D eigenvalue weighted by atomic mass is 35.5. The third kappa shape index (κ3) is 2.72. The molecule has 0 saturated carbocycles. The lowest BCUT2D eigenvalue weighted by molar-refractivity contribution is 0.709. The van der Waals surface area contributed by atoms with Gasteiger partial charge in [-0.2, -0.15) is 10.2 Å². The van der Waals surface area contributed by atoms with Gasteiger partial charge >= 0.3 is 0 Å². The van der Waals surface area contributed by atoms with Gasteiger partial charge in [0.1, 0.15) is 0 Å². The Hall–Kier alpha value is -0.710. The van der Waals surface area contributed by atoms with E-state index in [-0.39, 0.29) is 12.4 Å². The third-order valence-corrected chi connectivity index (χ3v) is 0.911. The summed E-state index contributed by atoms with van der Waals surface area (Å²) in [6.45, 7) is 0.563. The Balaban J connectivity index is 0.000000810. The van der Waals surface area contributed by atoms with Gasteiger partial charge in [-0.05, 0) is 12.1 Å². The van der Waals surface area contributed by atoms with E-state index in [1.165, 1.54) is 0 Å². The fourth-order valence-electron chi connectivity index (χ4n) is 0.532. The predicted molar refractivity (Wildman–Crippen MR) is 40.3 cm³/mol. The van der Waals surface area contributed by atoms with E-state index in [0.29, 0.717) is 6.54 Å². The third-order valence-electron chi connectivity index (χ3n) is 0.911. The van der Waals surface area contributed by atoms with Crippen molar-refractivity contribution in [1.82, 2.24) is 15.6 Å². The second kappa shape index (κ2) is 5.10. The van der Waals surface area contributed by atoms with Crippen LogP contribution in [0.2, 0.25) is 0 Å². The molecular formula is C5H9ClN4. The number of nitrogens with one attached hydrogen (secondary N) is 1. The monoisotopic (exact) mass is 160 g/mol. The maximum atomic E-state index is 5.04. The van der Waals surface area contributed by atoms with E-state index in [1.54, 1.807) is 6.20 Å². The van der Waals surface area contributed by atoms with E-state index in [9.17, 15) is 0 Å². The molecule has 0 aliphatic heterocycles. The van der Waals surface area contributed by atoms with Gasteiger partial charge in [0.15, 0.2) is 0 Å². The normalized spacial score (nSPS) is 8.50. The van der Waals surface area contributed by atoms with Gasteiger partial charge in [-0.25, -0.2) is 0 Å². The average molecular weight is 161 g/mol. The molecule has 0 unspecified atom stereocenters. The van der Waals surface area contributed by atoms with E-state index in [0.717, 1.165) is 5.69 Å². The molecule has 1 aromatic rings. The van der Waals surface area contributed by atoms with Crippen molar-refractivity contribution in [3.63, 3.8) is 0 Å². The molecule has 0 bridgehead atoms. The smallest absolute Gasteiger partial charge is 0.0782 e. The molecule has 0 saturated heterocycles. The van der Waals surface area contributed by atoms with Gasteiger partial charge in [0.05, 0.1) is 12.2 Å². The Morgan fingerprint density at radius 1 is 1.60 bits per heavy atom. The van der Waals surface area contributed by atoms with E-state index in [1.807, 2.05) is 12.1 Å². The number of nitrogens with two attached hydrogens (primary N) is 1. The Labute approximate surface area is 65.2 Å². The molecule has 4 nitrogen and oxygen atoms in total. The molecule has 56 valence electrons. The maximum absolute atomic E-state index is 5.04. The summed E-state index contributed by atoms with van der Waals surface area (Å²) < 4.78 is 0. The van der Waals surface area contributed by atoms with E-state index < -0.39 is 0 Å². The largest absolute Gasteiger partial charge is 0.271 e. The molecule has 5 heteroatoms. The van der Waals surface area contributed by atoms with Crippen LogP contribution in [-0.2, 0) is 6.54 Å². The molecule has 0 radical (unpaired) electrons. The first kappa shape index (κ1) is 9.29. The van der Waals surface area contributed by atoms with Crippen LogP contribution >= 0.6 is 12.4 Å². The van der Waals surface area contributed by atoms with Crippen LogP contribution in [0.25, 0.3) is 0 Å². The van der Waals surface area contributed by atoms with Gasteiger partial charge < -0.3 is 0 Å². The van der Waals surface area contributed by atoms with Gasteiger partial charge in [-0.3, -0.25) is 11.3 Å². The number of hydrogen-bond donors (Lipinski definition) is 2. The molecule has 0 aliphatic carbocycles. The molecule has 0 spiro atoms. The average Bonchev–Trinajstić information content (AvgIpc) is 1.91. The first-order chi connectivity index (χ1) is 4.43. The molecule has 0 amide bonds. The Morgan fingerprint density at radius 3 is 2.90 bits per heavy atom. The number of nitrogens with zero attached hydrogens (tertiary/aromatic N) is 2. The number of hydrazine groups is 1. The zero-order chi connectivity index (χ0) is 6.53. The first-order valence-electron chi connectivity index (χ1n) is 2.63. The minimum Gasteiger partial charge on any atom is -0.271 e. The van der Waals surface area contributed by atoms with Gasteiger partial charge in [0.2, 0.25) is 0 Å². The number of hydrogen-bond acceptors (Lipinski definition) is 4. The van der Waals surface area contributed by atoms with Crippen molar-refractivity contribution in [3.8, 4) is 0 Å². The van der Waals surface area contributed by atoms with Gasteiger partial charge in [0, 0.05) is 6.20 Å². The summed E-state index contributed by atoms with van der Waals surface area (Å²) >= 11 is 0. The van der Waals surface area contributed by atoms with Crippen molar-refractivity contribution in [3.05, 3.63) is 24.0 Å². The maximum Gasteiger partial charge on any atom is 0.0782 e. The van der Waals surface area contributed by atoms with E-state index in [2.05, 4.69) is 15.6 Å². The molecule has 10 heavy (non-hydrogen) atoms. The molecular weight excluding hydrogens is 152 g/mol. The molecule has 1 aromatic heterocycles. The van der Waals surface area contributed by atoms with Crippen molar-refractivity contribution in [2.24, 2.45) is 5.84 Å². The Kier molecular flexibility index (Phi) is 4.74. The zero-order valence-electron chi connectivity index (χ0n) is 5.32. The lowest BCUT2D eigenvalue weighted by Crippen LogP contribution is -2.21. The minimum absolute atomic E-state index is 0. The first-order valence-corrected chi connectivity index (χ1v) is 2.63. The van der Waals surface area contributed by atoms with Crippen LogP contribution in [0.3, 0.4) is 0 Å². The van der Waals surface area contributed by atoms with Crippen LogP contribution in [0.5, 0.6) is 0 Å². The SMILES string of the molecule is Cl.NNCc1cccnn1.